The number of ether oxygens (including phenoxy) is 6. The summed E-state index contributed by atoms with van der Waals surface area (Å²) in [5.74, 6) is -6.18. The molecule has 0 bridgehead atoms. The maximum Gasteiger partial charge on any atom is 0.364 e. The van der Waals surface area contributed by atoms with Crippen LogP contribution in [0.25, 0.3) is 0 Å². The SMILES string of the molecule is CCCCCC/C=C\CCCC(=O)NC(COC1OC(CO)C(OC2OC(CO)C(O)C(OC3(C(=O)O)CC(O)C(NC(C)=O)C(C(O)C(O)CO)O3)C2O)C(O)C1O)C(O)/C=C/CCCCCCCCCCCCCCCCCCCCCC. The second kappa shape index (κ2) is 43.8. The number of allylic oxidation sites excluding steroid dienone is 3. The number of hydrogen-bond donors (Lipinski definition) is 14. The van der Waals surface area contributed by atoms with Gasteiger partial charge >= 0.3 is 5.97 Å². The van der Waals surface area contributed by atoms with E-state index in [1.54, 1.807) is 6.08 Å². The smallest absolute Gasteiger partial charge is 0.364 e. The second-order valence-corrected chi connectivity index (χ2v) is 23.6. The van der Waals surface area contributed by atoms with Crippen LogP contribution in [0.3, 0.4) is 0 Å². The molecule has 0 spiro atoms. The van der Waals surface area contributed by atoms with Crippen molar-refractivity contribution in [3.05, 3.63) is 24.3 Å². The van der Waals surface area contributed by atoms with E-state index in [-0.39, 0.29) is 12.3 Å². The van der Waals surface area contributed by atoms with Crippen molar-refractivity contribution in [3.8, 4) is 0 Å². The number of rotatable bonds is 47. The first-order chi connectivity index (χ1) is 40.9. The van der Waals surface area contributed by atoms with Crippen LogP contribution in [-0.2, 0) is 42.8 Å². The van der Waals surface area contributed by atoms with E-state index in [2.05, 4.69) is 36.6 Å². The third-order valence-corrected chi connectivity index (χ3v) is 16.4. The Balaban J connectivity index is 1.61. The summed E-state index contributed by atoms with van der Waals surface area (Å²) in [6.07, 6.45) is 11.3. The average molecular weight is 1220 g/mol. The van der Waals surface area contributed by atoms with Gasteiger partial charge in [0.15, 0.2) is 12.6 Å². The van der Waals surface area contributed by atoms with Crippen molar-refractivity contribution in [2.24, 2.45) is 0 Å². The summed E-state index contributed by atoms with van der Waals surface area (Å²) in [6, 6.07) is -2.63. The fourth-order valence-corrected chi connectivity index (χ4v) is 11.2. The number of carboxylic acid groups (broad SMARTS) is 1. The van der Waals surface area contributed by atoms with Gasteiger partial charge in [0.1, 0.15) is 67.1 Å². The van der Waals surface area contributed by atoms with Gasteiger partial charge in [0.2, 0.25) is 11.8 Å². The fraction of sp³-hybridized carbons (Fsp3) is 0.887. The molecule has 3 rings (SSSR count). The Morgan fingerprint density at radius 2 is 1.11 bits per heavy atom. The van der Waals surface area contributed by atoms with Gasteiger partial charge in [0.05, 0.1) is 50.7 Å². The Hall–Kier alpha value is -2.79. The van der Waals surface area contributed by atoms with Crippen molar-refractivity contribution in [1.82, 2.24) is 10.6 Å². The standard InChI is InChI=1S/C62H112N2O21/c1-4-6-8-10-12-14-15-16-17-18-19-20-21-22-23-24-25-26-28-29-31-33-35-44(69)43(64-49(72)36-34-32-30-27-13-11-9-7-5-2)41-80-59-54(76)53(75)56(48(40-67)82-59)83-60-55(77)58(52(74)47(39-66)81-60)85-62(61(78)79)37-45(70)50(63-42(3)68)57(84-62)51(73)46(71)38-65/h27,30,33,35,43-48,50-60,65-67,69-71,73-77H,4-26,28-29,31-32,34,36-41H2,1-3H3,(H,63,68)(H,64,72)(H,78,79)/b30-27-,35-33+. The van der Waals surface area contributed by atoms with Crippen molar-refractivity contribution in [2.45, 2.75) is 323 Å². The predicted octanol–water partition coefficient (Wildman–Crippen LogP) is 4.11. The number of carboxylic acids is 1. The van der Waals surface area contributed by atoms with Gasteiger partial charge in [-0.2, -0.15) is 0 Å². The minimum Gasteiger partial charge on any atom is -0.477 e. The van der Waals surface area contributed by atoms with E-state index in [9.17, 15) is 75.7 Å². The van der Waals surface area contributed by atoms with Crippen LogP contribution in [0.4, 0.5) is 0 Å². The van der Waals surface area contributed by atoms with Crippen LogP contribution in [0.5, 0.6) is 0 Å². The zero-order valence-electron chi connectivity index (χ0n) is 51.2. The lowest BCUT2D eigenvalue weighted by Crippen LogP contribution is -2.70. The summed E-state index contributed by atoms with van der Waals surface area (Å²) in [5, 5.41) is 135. The van der Waals surface area contributed by atoms with E-state index in [1.807, 2.05) is 6.08 Å². The van der Waals surface area contributed by atoms with Crippen LogP contribution in [-0.4, -0.2) is 215 Å². The van der Waals surface area contributed by atoms with Crippen molar-refractivity contribution in [3.63, 3.8) is 0 Å². The van der Waals surface area contributed by atoms with Gasteiger partial charge in [-0.15, -0.1) is 0 Å². The maximum atomic E-state index is 13.3. The fourth-order valence-electron chi connectivity index (χ4n) is 11.2. The van der Waals surface area contributed by atoms with E-state index >= 15 is 0 Å². The van der Waals surface area contributed by atoms with Crippen LogP contribution in [0, 0.1) is 0 Å². The number of hydrogen-bond acceptors (Lipinski definition) is 20. The summed E-state index contributed by atoms with van der Waals surface area (Å²) in [4.78, 5) is 38.3. The lowest BCUT2D eigenvalue weighted by molar-refractivity contribution is -0.386. The quantitative estimate of drug-likeness (QED) is 0.0301. The monoisotopic (exact) mass is 1220 g/mol. The molecular formula is C62H112N2O21. The molecule has 0 aliphatic carbocycles. The topological polar surface area (TPSA) is 373 Å². The summed E-state index contributed by atoms with van der Waals surface area (Å²) in [7, 11) is 0. The number of unbranched alkanes of at least 4 members (excludes halogenated alkanes) is 25. The number of aliphatic carboxylic acids is 1. The predicted molar refractivity (Wildman–Crippen MR) is 315 cm³/mol. The van der Waals surface area contributed by atoms with Gasteiger partial charge in [-0.25, -0.2) is 4.79 Å². The molecule has 0 aromatic heterocycles. The zero-order chi connectivity index (χ0) is 62.6. The largest absolute Gasteiger partial charge is 0.477 e. The van der Waals surface area contributed by atoms with E-state index < -0.39 is 155 Å². The number of aliphatic hydroxyl groups is 11. The highest BCUT2D eigenvalue weighted by Crippen LogP contribution is 2.38. The highest BCUT2D eigenvalue weighted by atomic mass is 16.8. The molecule has 0 radical (unpaired) electrons. The average Bonchev–Trinajstić information content (AvgIpc) is 1.28. The van der Waals surface area contributed by atoms with Gasteiger partial charge in [-0.05, 0) is 38.5 Å². The third-order valence-electron chi connectivity index (χ3n) is 16.4. The van der Waals surface area contributed by atoms with Crippen LogP contribution < -0.4 is 10.6 Å². The zero-order valence-corrected chi connectivity index (χ0v) is 51.2. The minimum absolute atomic E-state index is 0.151. The number of amides is 2. The summed E-state index contributed by atoms with van der Waals surface area (Å²) >= 11 is 0. The third kappa shape index (κ3) is 27.5. The van der Waals surface area contributed by atoms with E-state index in [0.717, 1.165) is 51.9 Å². The molecule has 2 amide bonds. The van der Waals surface area contributed by atoms with Crippen molar-refractivity contribution >= 4 is 17.8 Å². The lowest BCUT2D eigenvalue weighted by atomic mass is 9.88. The summed E-state index contributed by atoms with van der Waals surface area (Å²) in [5.41, 5.74) is 0. The van der Waals surface area contributed by atoms with Gasteiger partial charge in [-0.3, -0.25) is 9.59 Å². The molecule has 3 aliphatic rings. The maximum absolute atomic E-state index is 13.3. The Morgan fingerprint density at radius 1 is 0.612 bits per heavy atom. The normalized spacial score (nSPS) is 29.7. The Bertz CT molecular complexity index is 1830. The first-order valence-electron chi connectivity index (χ1n) is 32.2. The van der Waals surface area contributed by atoms with E-state index in [1.165, 1.54) is 116 Å². The Morgan fingerprint density at radius 3 is 1.61 bits per heavy atom. The molecule has 85 heavy (non-hydrogen) atoms. The molecule has 23 heteroatoms. The minimum atomic E-state index is -3.08. The number of nitrogens with one attached hydrogen (secondary N) is 2. The van der Waals surface area contributed by atoms with Gasteiger partial charge in [-0.1, -0.05) is 179 Å². The number of carbonyl (C=O) groups is 3. The molecule has 496 valence electrons. The molecule has 0 aromatic carbocycles. The molecule has 3 aliphatic heterocycles. The van der Waals surface area contributed by atoms with E-state index in [0.29, 0.717) is 19.3 Å². The van der Waals surface area contributed by atoms with Gasteiger partial charge in [0.25, 0.3) is 5.79 Å². The molecule has 18 unspecified atom stereocenters. The van der Waals surface area contributed by atoms with Crippen molar-refractivity contribution in [1.29, 1.82) is 0 Å². The van der Waals surface area contributed by atoms with Gasteiger partial charge in [0, 0.05) is 19.8 Å². The lowest BCUT2D eigenvalue weighted by Gasteiger charge is -2.50. The first-order valence-corrected chi connectivity index (χ1v) is 32.2. The molecule has 18 atom stereocenters. The molecule has 0 aromatic rings. The molecule has 23 nitrogen and oxygen atoms in total. The summed E-state index contributed by atoms with van der Waals surface area (Å²) in [6.45, 7) is 2.05. The molecule has 3 heterocycles. The van der Waals surface area contributed by atoms with Crippen LogP contribution in [0.15, 0.2) is 24.3 Å². The van der Waals surface area contributed by atoms with Crippen LogP contribution in [0.1, 0.15) is 213 Å². The first kappa shape index (κ1) is 76.5. The van der Waals surface area contributed by atoms with Crippen LogP contribution >= 0.6 is 0 Å². The molecular weight excluding hydrogens is 1110 g/mol. The molecule has 14 N–H and O–H groups in total. The highest BCUT2D eigenvalue weighted by Gasteiger charge is 2.60. The summed E-state index contributed by atoms with van der Waals surface area (Å²) < 4.78 is 34.6. The van der Waals surface area contributed by atoms with Crippen molar-refractivity contribution < 1.29 is 104 Å². The molecule has 3 saturated heterocycles. The Labute approximate surface area is 504 Å². The number of carbonyl (C=O) groups excluding carboxylic acids is 2. The Kier molecular flexibility index (Phi) is 39.4. The molecule has 0 saturated carbocycles. The van der Waals surface area contributed by atoms with Crippen molar-refractivity contribution in [2.75, 3.05) is 26.4 Å². The van der Waals surface area contributed by atoms with Crippen LogP contribution in [0.2, 0.25) is 0 Å². The molecule has 3 fully saturated rings. The van der Waals surface area contributed by atoms with Gasteiger partial charge < -0.3 is 100 Å². The number of aliphatic hydroxyl groups excluding tert-OH is 11. The second-order valence-electron chi connectivity index (χ2n) is 23.6. The highest BCUT2D eigenvalue weighted by molar-refractivity contribution is 5.77. The van der Waals surface area contributed by atoms with E-state index in [4.69, 9.17) is 28.4 Å².